The first-order valence-electron chi connectivity index (χ1n) is 7.23. The van der Waals surface area contributed by atoms with E-state index in [1.807, 2.05) is 18.2 Å². The summed E-state index contributed by atoms with van der Waals surface area (Å²) in [7, 11) is 0. The first kappa shape index (κ1) is 14.7. The van der Waals surface area contributed by atoms with Crippen LogP contribution in [0.25, 0.3) is 10.8 Å². The van der Waals surface area contributed by atoms with Crippen LogP contribution in [-0.4, -0.2) is 5.11 Å². The topological polar surface area (TPSA) is 29.5 Å². The van der Waals surface area contributed by atoms with Crippen molar-refractivity contribution in [2.75, 3.05) is 0 Å². The summed E-state index contributed by atoms with van der Waals surface area (Å²) in [4.78, 5) is 0. The van der Waals surface area contributed by atoms with Crippen LogP contribution in [0.2, 0.25) is 5.02 Å². The van der Waals surface area contributed by atoms with Crippen molar-refractivity contribution < 1.29 is 9.84 Å². The van der Waals surface area contributed by atoms with Crippen molar-refractivity contribution in [3.63, 3.8) is 0 Å². The maximum Gasteiger partial charge on any atom is 0.146 e. The number of ether oxygens (including phenoxy) is 1. The summed E-state index contributed by atoms with van der Waals surface area (Å²) >= 11 is 6.07. The summed E-state index contributed by atoms with van der Waals surface area (Å²) in [5, 5.41) is 12.1. The fourth-order valence-electron chi connectivity index (χ4n) is 2.36. The van der Waals surface area contributed by atoms with Crippen LogP contribution in [-0.2, 0) is 0 Å². The summed E-state index contributed by atoms with van der Waals surface area (Å²) < 4.78 is 5.81. The van der Waals surface area contributed by atoms with Gasteiger partial charge in [0.25, 0.3) is 0 Å². The molecule has 3 aromatic rings. The molecular formula is C19H17ClO2. The smallest absolute Gasteiger partial charge is 0.146 e. The number of rotatable bonds is 3. The lowest BCUT2D eigenvalue weighted by molar-refractivity contribution is 0.465. The fourth-order valence-corrected chi connectivity index (χ4v) is 2.58. The maximum atomic E-state index is 9.38. The van der Waals surface area contributed by atoms with Crippen molar-refractivity contribution in [3.8, 4) is 17.2 Å². The molecule has 0 spiro atoms. The number of benzene rings is 3. The van der Waals surface area contributed by atoms with Crippen LogP contribution in [0.5, 0.6) is 17.2 Å². The van der Waals surface area contributed by atoms with Gasteiger partial charge in [0.05, 0.1) is 5.02 Å². The molecule has 0 bridgehead atoms. The van der Waals surface area contributed by atoms with E-state index < -0.39 is 0 Å². The van der Waals surface area contributed by atoms with Crippen molar-refractivity contribution in [1.82, 2.24) is 0 Å². The molecule has 0 aliphatic carbocycles. The van der Waals surface area contributed by atoms with E-state index in [4.69, 9.17) is 16.3 Å². The van der Waals surface area contributed by atoms with Gasteiger partial charge in [-0.2, -0.15) is 0 Å². The molecule has 0 saturated carbocycles. The second-order valence-corrected chi connectivity index (χ2v) is 6.05. The molecule has 0 aliphatic rings. The van der Waals surface area contributed by atoms with Gasteiger partial charge in [-0.05, 0) is 46.5 Å². The number of phenols is 1. The van der Waals surface area contributed by atoms with E-state index in [1.165, 1.54) is 17.0 Å². The summed E-state index contributed by atoms with van der Waals surface area (Å²) in [6, 6.07) is 17.1. The van der Waals surface area contributed by atoms with Crippen molar-refractivity contribution in [2.45, 2.75) is 19.8 Å². The third-order valence-electron chi connectivity index (χ3n) is 3.65. The standard InChI is InChI=1S/C19H17ClO2/c1-12(2)13-3-4-15-10-17(7-5-14(15)9-13)22-19-8-6-16(21)11-18(19)20/h3-12,21H,1-2H3. The van der Waals surface area contributed by atoms with Crippen molar-refractivity contribution in [1.29, 1.82) is 0 Å². The Morgan fingerprint density at radius 3 is 2.36 bits per heavy atom. The van der Waals surface area contributed by atoms with E-state index in [2.05, 4.69) is 32.0 Å². The molecule has 0 radical (unpaired) electrons. The van der Waals surface area contributed by atoms with Gasteiger partial charge in [0.15, 0.2) is 0 Å². The third-order valence-corrected chi connectivity index (χ3v) is 3.94. The number of phenolic OH excluding ortho intramolecular Hbond substituents is 1. The third kappa shape index (κ3) is 3.02. The normalized spacial score (nSPS) is 11.1. The molecule has 3 rings (SSSR count). The zero-order valence-electron chi connectivity index (χ0n) is 12.5. The number of hydrogen-bond donors (Lipinski definition) is 1. The van der Waals surface area contributed by atoms with E-state index in [0.717, 1.165) is 11.1 Å². The molecule has 3 heteroatoms. The largest absolute Gasteiger partial charge is 0.508 e. The molecule has 0 aliphatic heterocycles. The molecule has 2 nitrogen and oxygen atoms in total. The van der Waals surface area contributed by atoms with Crippen LogP contribution in [0.1, 0.15) is 25.3 Å². The van der Waals surface area contributed by atoms with Gasteiger partial charge >= 0.3 is 0 Å². The highest BCUT2D eigenvalue weighted by Crippen LogP contribution is 2.33. The van der Waals surface area contributed by atoms with Crippen LogP contribution in [0.3, 0.4) is 0 Å². The Morgan fingerprint density at radius 1 is 0.909 bits per heavy atom. The number of hydrogen-bond acceptors (Lipinski definition) is 2. The van der Waals surface area contributed by atoms with Crippen molar-refractivity contribution in [2.24, 2.45) is 0 Å². The summed E-state index contributed by atoms with van der Waals surface area (Å²) in [6.07, 6.45) is 0. The molecular weight excluding hydrogens is 296 g/mol. The molecule has 1 N–H and O–H groups in total. The van der Waals surface area contributed by atoms with Crippen LogP contribution in [0, 0.1) is 0 Å². The van der Waals surface area contributed by atoms with Gasteiger partial charge in [-0.15, -0.1) is 0 Å². The molecule has 0 amide bonds. The zero-order valence-corrected chi connectivity index (χ0v) is 13.3. The predicted octanol–water partition coefficient (Wildman–Crippen LogP) is 6.11. The molecule has 3 aromatic carbocycles. The number of halogens is 1. The minimum Gasteiger partial charge on any atom is -0.508 e. The highest BCUT2D eigenvalue weighted by atomic mass is 35.5. The Hall–Kier alpha value is -2.19. The van der Waals surface area contributed by atoms with Crippen molar-refractivity contribution in [3.05, 3.63) is 65.2 Å². The Labute approximate surface area is 134 Å². The molecule has 0 aromatic heterocycles. The SMILES string of the molecule is CC(C)c1ccc2cc(Oc3ccc(O)cc3Cl)ccc2c1. The Balaban J connectivity index is 1.93. The zero-order chi connectivity index (χ0) is 15.7. The molecule has 0 unspecified atom stereocenters. The minimum absolute atomic E-state index is 0.122. The highest BCUT2D eigenvalue weighted by Gasteiger charge is 2.06. The molecule has 22 heavy (non-hydrogen) atoms. The molecule has 0 atom stereocenters. The van der Waals surface area contributed by atoms with Crippen molar-refractivity contribution >= 4 is 22.4 Å². The number of fused-ring (bicyclic) bond motifs is 1. The summed E-state index contributed by atoms with van der Waals surface area (Å²) in [5.41, 5.74) is 1.32. The van der Waals surface area contributed by atoms with Gasteiger partial charge < -0.3 is 9.84 Å². The predicted molar refractivity (Wildman–Crippen MR) is 91.2 cm³/mol. The molecule has 0 heterocycles. The van der Waals surface area contributed by atoms with E-state index >= 15 is 0 Å². The second kappa shape index (κ2) is 5.90. The first-order valence-corrected chi connectivity index (χ1v) is 7.61. The van der Waals surface area contributed by atoms with Gasteiger partial charge in [-0.3, -0.25) is 0 Å². The van der Waals surface area contributed by atoms with Crippen LogP contribution >= 0.6 is 11.6 Å². The van der Waals surface area contributed by atoms with E-state index in [0.29, 0.717) is 16.7 Å². The van der Waals surface area contributed by atoms with Gasteiger partial charge in [-0.1, -0.05) is 49.7 Å². The average molecular weight is 313 g/mol. The monoisotopic (exact) mass is 312 g/mol. The minimum atomic E-state index is 0.122. The van der Waals surface area contributed by atoms with E-state index in [-0.39, 0.29) is 5.75 Å². The lowest BCUT2D eigenvalue weighted by Crippen LogP contribution is -1.88. The van der Waals surface area contributed by atoms with Gasteiger partial charge in [0, 0.05) is 6.07 Å². The van der Waals surface area contributed by atoms with E-state index in [9.17, 15) is 5.11 Å². The molecule has 0 fully saturated rings. The van der Waals surface area contributed by atoms with Crippen LogP contribution in [0.15, 0.2) is 54.6 Å². The first-order chi connectivity index (χ1) is 10.5. The maximum absolute atomic E-state index is 9.38. The quantitative estimate of drug-likeness (QED) is 0.631. The highest BCUT2D eigenvalue weighted by molar-refractivity contribution is 6.32. The van der Waals surface area contributed by atoms with Gasteiger partial charge in [0.1, 0.15) is 17.2 Å². The molecule has 112 valence electrons. The van der Waals surface area contributed by atoms with Crippen LogP contribution in [0.4, 0.5) is 0 Å². The lowest BCUT2D eigenvalue weighted by Gasteiger charge is -2.10. The lowest BCUT2D eigenvalue weighted by atomic mass is 9.99. The summed E-state index contributed by atoms with van der Waals surface area (Å²) in [6.45, 7) is 4.37. The van der Waals surface area contributed by atoms with E-state index in [1.54, 1.807) is 12.1 Å². The number of aromatic hydroxyl groups is 1. The van der Waals surface area contributed by atoms with Crippen LogP contribution < -0.4 is 4.74 Å². The Kier molecular flexibility index (Phi) is 3.95. The average Bonchev–Trinajstić information content (AvgIpc) is 2.49. The Bertz CT molecular complexity index is 825. The fraction of sp³-hybridized carbons (Fsp3) is 0.158. The van der Waals surface area contributed by atoms with Gasteiger partial charge in [0.2, 0.25) is 0 Å². The Morgan fingerprint density at radius 2 is 1.64 bits per heavy atom. The second-order valence-electron chi connectivity index (χ2n) is 5.64. The molecule has 0 saturated heterocycles. The van der Waals surface area contributed by atoms with Gasteiger partial charge in [-0.25, -0.2) is 0 Å². The summed E-state index contributed by atoms with van der Waals surface area (Å²) in [5.74, 6) is 1.88.